The van der Waals surface area contributed by atoms with Crippen molar-refractivity contribution in [1.29, 1.82) is 0 Å². The summed E-state index contributed by atoms with van der Waals surface area (Å²) in [5, 5.41) is 3.30. The molecule has 0 bridgehead atoms. The van der Waals surface area contributed by atoms with Gasteiger partial charge in [-0.05, 0) is 37.6 Å². The fraction of sp³-hybridized carbons (Fsp3) is 0.375. The van der Waals surface area contributed by atoms with Gasteiger partial charge in [0.05, 0.1) is 6.26 Å². The predicted octanol–water partition coefficient (Wildman–Crippen LogP) is 3.81. The van der Waals surface area contributed by atoms with E-state index < -0.39 is 0 Å². The number of rotatable bonds is 7. The van der Waals surface area contributed by atoms with Crippen LogP contribution >= 0.6 is 0 Å². The van der Waals surface area contributed by atoms with Gasteiger partial charge in [-0.15, -0.1) is 0 Å². The monoisotopic (exact) mass is 277 g/mol. The Bertz CT molecular complexity index is 551. The average Bonchev–Trinajstić information content (AvgIpc) is 2.88. The van der Waals surface area contributed by atoms with Gasteiger partial charge in [-0.3, -0.25) is 0 Å². The smallest absolute Gasteiger partial charge is 0.146 e. The highest BCUT2D eigenvalue weighted by molar-refractivity contribution is 5.32. The highest BCUT2D eigenvalue weighted by Crippen LogP contribution is 2.20. The molecular weight excluding hydrogens is 257 g/mol. The number of halogens is 1. The number of nitrogens with one attached hydrogen (secondary N) is 1. The minimum atomic E-state index is -0.297. The molecule has 0 amide bonds. The van der Waals surface area contributed by atoms with Gasteiger partial charge in [-0.2, -0.15) is 0 Å². The van der Waals surface area contributed by atoms with Crippen LogP contribution in [-0.4, -0.2) is 6.54 Å². The summed E-state index contributed by atoms with van der Waals surface area (Å²) in [7, 11) is 0. The normalized spacial score (nSPS) is 10.8. The van der Waals surface area contributed by atoms with Crippen LogP contribution in [0, 0.1) is 12.7 Å². The molecular formula is C16H20FNO2. The second kappa shape index (κ2) is 7.10. The van der Waals surface area contributed by atoms with Gasteiger partial charge in [0.1, 0.15) is 23.9 Å². The Balaban J connectivity index is 1.89. The van der Waals surface area contributed by atoms with Crippen LogP contribution in [0.15, 0.2) is 34.9 Å². The van der Waals surface area contributed by atoms with Crippen LogP contribution in [0.2, 0.25) is 0 Å². The lowest BCUT2D eigenvalue weighted by atomic mass is 10.2. The van der Waals surface area contributed by atoms with Crippen molar-refractivity contribution in [1.82, 2.24) is 5.32 Å². The molecule has 4 heteroatoms. The second-order valence-corrected chi connectivity index (χ2v) is 4.80. The molecule has 20 heavy (non-hydrogen) atoms. The van der Waals surface area contributed by atoms with Gasteiger partial charge in [0.25, 0.3) is 0 Å². The van der Waals surface area contributed by atoms with Crippen molar-refractivity contribution in [2.75, 3.05) is 6.54 Å². The van der Waals surface area contributed by atoms with E-state index >= 15 is 0 Å². The van der Waals surface area contributed by atoms with Crippen LogP contribution in [0.3, 0.4) is 0 Å². The zero-order valence-corrected chi connectivity index (χ0v) is 11.9. The lowest BCUT2D eigenvalue weighted by Gasteiger charge is -2.07. The maximum absolute atomic E-state index is 13.1. The first-order valence-corrected chi connectivity index (χ1v) is 6.85. The second-order valence-electron chi connectivity index (χ2n) is 4.80. The molecule has 1 aromatic heterocycles. The van der Waals surface area contributed by atoms with Gasteiger partial charge in [0.2, 0.25) is 0 Å². The molecule has 1 heterocycles. The SMILES string of the molecule is CCCNCc1coc(COc2cc(F)ccc2C)c1. The summed E-state index contributed by atoms with van der Waals surface area (Å²) >= 11 is 0. The molecule has 1 aromatic carbocycles. The van der Waals surface area contributed by atoms with Gasteiger partial charge in [-0.25, -0.2) is 4.39 Å². The zero-order valence-electron chi connectivity index (χ0n) is 11.9. The highest BCUT2D eigenvalue weighted by atomic mass is 19.1. The Morgan fingerprint density at radius 3 is 2.95 bits per heavy atom. The van der Waals surface area contributed by atoms with Crippen molar-refractivity contribution in [3.8, 4) is 5.75 Å². The summed E-state index contributed by atoms with van der Waals surface area (Å²) in [6, 6.07) is 6.47. The summed E-state index contributed by atoms with van der Waals surface area (Å²) in [6.07, 6.45) is 2.83. The Morgan fingerprint density at radius 1 is 1.30 bits per heavy atom. The molecule has 0 saturated carbocycles. The molecule has 0 aliphatic rings. The Kier molecular flexibility index (Phi) is 5.18. The molecule has 0 spiro atoms. The molecule has 0 fully saturated rings. The number of benzene rings is 1. The zero-order chi connectivity index (χ0) is 14.4. The van der Waals surface area contributed by atoms with E-state index in [2.05, 4.69) is 12.2 Å². The van der Waals surface area contributed by atoms with Crippen molar-refractivity contribution >= 4 is 0 Å². The fourth-order valence-electron chi connectivity index (χ4n) is 1.88. The molecule has 0 aliphatic carbocycles. The highest BCUT2D eigenvalue weighted by Gasteiger charge is 2.05. The third-order valence-electron chi connectivity index (χ3n) is 2.98. The third-order valence-corrected chi connectivity index (χ3v) is 2.98. The van der Waals surface area contributed by atoms with E-state index in [4.69, 9.17) is 9.15 Å². The molecule has 0 saturated heterocycles. The Labute approximate surface area is 118 Å². The van der Waals surface area contributed by atoms with Crippen LogP contribution in [0.1, 0.15) is 30.2 Å². The average molecular weight is 277 g/mol. The van der Waals surface area contributed by atoms with Gasteiger partial charge >= 0.3 is 0 Å². The fourth-order valence-corrected chi connectivity index (χ4v) is 1.88. The third kappa shape index (κ3) is 4.10. The summed E-state index contributed by atoms with van der Waals surface area (Å²) in [5.41, 5.74) is 2.00. The molecule has 0 aliphatic heterocycles. The summed E-state index contributed by atoms with van der Waals surface area (Å²) in [4.78, 5) is 0. The van der Waals surface area contributed by atoms with E-state index in [1.807, 2.05) is 13.0 Å². The minimum Gasteiger partial charge on any atom is -0.485 e. The van der Waals surface area contributed by atoms with E-state index in [0.29, 0.717) is 12.4 Å². The van der Waals surface area contributed by atoms with Crippen LogP contribution in [0.25, 0.3) is 0 Å². The van der Waals surface area contributed by atoms with E-state index in [1.165, 1.54) is 12.1 Å². The molecule has 3 nitrogen and oxygen atoms in total. The number of aryl methyl sites for hydroxylation is 1. The standard InChI is InChI=1S/C16H20FNO2/c1-3-6-18-9-13-7-15(19-10-13)11-20-16-8-14(17)5-4-12(16)2/h4-5,7-8,10,18H,3,6,9,11H2,1-2H3. The maximum Gasteiger partial charge on any atom is 0.146 e. The lowest BCUT2D eigenvalue weighted by Crippen LogP contribution is -2.13. The molecule has 0 unspecified atom stereocenters. The molecule has 108 valence electrons. The van der Waals surface area contributed by atoms with Crippen LogP contribution < -0.4 is 10.1 Å². The van der Waals surface area contributed by atoms with Crippen molar-refractivity contribution in [2.45, 2.75) is 33.4 Å². The van der Waals surface area contributed by atoms with Gasteiger partial charge in [0, 0.05) is 18.2 Å². The van der Waals surface area contributed by atoms with Crippen LogP contribution in [-0.2, 0) is 13.2 Å². The number of hydrogen-bond donors (Lipinski definition) is 1. The van der Waals surface area contributed by atoms with Gasteiger partial charge in [0.15, 0.2) is 0 Å². The van der Waals surface area contributed by atoms with Crippen LogP contribution in [0.5, 0.6) is 5.75 Å². The van der Waals surface area contributed by atoms with Crippen molar-refractivity contribution in [3.05, 3.63) is 53.2 Å². The topological polar surface area (TPSA) is 34.4 Å². The number of ether oxygens (including phenoxy) is 1. The molecule has 0 radical (unpaired) electrons. The first-order chi connectivity index (χ1) is 9.69. The molecule has 1 N–H and O–H groups in total. The van der Waals surface area contributed by atoms with Crippen LogP contribution in [0.4, 0.5) is 4.39 Å². The minimum absolute atomic E-state index is 0.297. The summed E-state index contributed by atoms with van der Waals surface area (Å²) in [5.74, 6) is 0.989. The van der Waals surface area contributed by atoms with Crippen molar-refractivity contribution in [2.24, 2.45) is 0 Å². The van der Waals surface area contributed by atoms with Crippen molar-refractivity contribution in [3.63, 3.8) is 0 Å². The number of hydrogen-bond acceptors (Lipinski definition) is 3. The van der Waals surface area contributed by atoms with Gasteiger partial charge < -0.3 is 14.5 Å². The maximum atomic E-state index is 13.1. The van der Waals surface area contributed by atoms with Crippen molar-refractivity contribution < 1.29 is 13.5 Å². The molecule has 2 aromatic rings. The first kappa shape index (κ1) is 14.6. The molecule has 2 rings (SSSR count). The summed E-state index contributed by atoms with van der Waals surface area (Å²) in [6.45, 7) is 6.09. The molecule has 0 atom stereocenters. The quantitative estimate of drug-likeness (QED) is 0.782. The van der Waals surface area contributed by atoms with E-state index in [0.717, 1.165) is 36.4 Å². The van der Waals surface area contributed by atoms with E-state index in [-0.39, 0.29) is 5.82 Å². The van der Waals surface area contributed by atoms with E-state index in [1.54, 1.807) is 12.3 Å². The first-order valence-electron chi connectivity index (χ1n) is 6.85. The van der Waals surface area contributed by atoms with E-state index in [9.17, 15) is 4.39 Å². The van der Waals surface area contributed by atoms with Gasteiger partial charge in [-0.1, -0.05) is 13.0 Å². The lowest BCUT2D eigenvalue weighted by molar-refractivity contribution is 0.267. The predicted molar refractivity (Wildman–Crippen MR) is 76.2 cm³/mol. The largest absolute Gasteiger partial charge is 0.485 e. The summed E-state index contributed by atoms with van der Waals surface area (Å²) < 4.78 is 24.2. The Hall–Kier alpha value is -1.81. The Morgan fingerprint density at radius 2 is 2.15 bits per heavy atom. The number of furan rings is 1.